The summed E-state index contributed by atoms with van der Waals surface area (Å²) in [5.74, 6) is 0.189. The zero-order chi connectivity index (χ0) is 14.8. The molecule has 0 unspecified atom stereocenters. The Bertz CT molecular complexity index is 607. The molecule has 9 nitrogen and oxygen atoms in total. The molecule has 0 aliphatic heterocycles. The molecule has 0 aliphatic rings. The summed E-state index contributed by atoms with van der Waals surface area (Å²) in [6, 6.07) is 1.74. The van der Waals surface area contributed by atoms with Gasteiger partial charge in [0.25, 0.3) is 5.95 Å². The fourth-order valence-corrected chi connectivity index (χ4v) is 1.71. The topological polar surface area (TPSA) is 138 Å². The number of carbonyl (C=O) groups excluding carboxylic acids is 1. The Morgan fingerprint density at radius 3 is 2.75 bits per heavy atom. The van der Waals surface area contributed by atoms with Crippen LogP contribution >= 0.6 is 0 Å². The van der Waals surface area contributed by atoms with Crippen LogP contribution in [0.4, 0.5) is 11.9 Å². The number of primary amides is 1. The number of hydrogen-bond acceptors (Lipinski definition) is 7. The van der Waals surface area contributed by atoms with Gasteiger partial charge in [-0.05, 0) is 19.9 Å². The predicted octanol–water partition coefficient (Wildman–Crippen LogP) is -0.295. The maximum absolute atomic E-state index is 11.0. The van der Waals surface area contributed by atoms with Gasteiger partial charge < -0.3 is 16.8 Å². The normalized spacial score (nSPS) is 11.3. The van der Waals surface area contributed by atoms with E-state index in [1.165, 1.54) is 4.68 Å². The minimum absolute atomic E-state index is 0.0582. The molecular formula is C11H16N8O. The van der Waals surface area contributed by atoms with Crippen molar-refractivity contribution in [2.45, 2.75) is 25.8 Å². The first kappa shape index (κ1) is 13.7. The molecule has 2 aromatic rings. The van der Waals surface area contributed by atoms with Crippen LogP contribution in [0.25, 0.3) is 5.95 Å². The molecule has 2 aromatic heterocycles. The van der Waals surface area contributed by atoms with Crippen molar-refractivity contribution in [3.8, 4) is 5.95 Å². The van der Waals surface area contributed by atoms with Crippen LogP contribution in [0.2, 0.25) is 0 Å². The van der Waals surface area contributed by atoms with Crippen LogP contribution in [0, 0.1) is 0 Å². The Hall–Kier alpha value is -2.71. The largest absolute Gasteiger partial charge is 0.370 e. The fourth-order valence-electron chi connectivity index (χ4n) is 1.71. The number of anilines is 2. The van der Waals surface area contributed by atoms with Crippen molar-refractivity contribution in [3.05, 3.63) is 18.5 Å². The van der Waals surface area contributed by atoms with Gasteiger partial charge in [0.1, 0.15) is 0 Å². The van der Waals surface area contributed by atoms with Crippen molar-refractivity contribution in [1.29, 1.82) is 0 Å². The van der Waals surface area contributed by atoms with E-state index in [9.17, 15) is 4.79 Å². The summed E-state index contributed by atoms with van der Waals surface area (Å²) in [7, 11) is 0. The lowest BCUT2D eigenvalue weighted by Gasteiger charge is -2.24. The number of nitrogens with two attached hydrogens (primary N) is 2. The van der Waals surface area contributed by atoms with Crippen LogP contribution in [0.15, 0.2) is 18.5 Å². The molecule has 9 heteroatoms. The Morgan fingerprint density at radius 2 is 2.15 bits per heavy atom. The van der Waals surface area contributed by atoms with Crippen LogP contribution in [0.5, 0.6) is 0 Å². The minimum atomic E-state index is -0.596. The molecule has 0 spiro atoms. The highest BCUT2D eigenvalue weighted by Gasteiger charge is 2.22. The lowest BCUT2D eigenvalue weighted by Crippen LogP contribution is -2.36. The van der Waals surface area contributed by atoms with Crippen molar-refractivity contribution in [2.75, 3.05) is 11.1 Å². The standard InChI is InChI=1S/C11H16N8O/c1-11(2,6-7(12)20)18-9-15-8(13)16-10(17-9)19-5-3-4-14-19/h3-5H,6H2,1-2H3,(H2,12,20)(H3,13,15,16,17,18). The highest BCUT2D eigenvalue weighted by Crippen LogP contribution is 2.16. The molecule has 0 fully saturated rings. The number of hydrogen-bond donors (Lipinski definition) is 3. The number of carbonyl (C=O) groups is 1. The first-order valence-electron chi connectivity index (χ1n) is 5.94. The van der Waals surface area contributed by atoms with Gasteiger partial charge in [0.2, 0.25) is 17.8 Å². The van der Waals surface area contributed by atoms with Gasteiger partial charge in [0.15, 0.2) is 0 Å². The second kappa shape index (κ2) is 5.11. The first-order chi connectivity index (χ1) is 9.35. The molecule has 2 heterocycles. The first-order valence-corrected chi connectivity index (χ1v) is 5.94. The summed E-state index contributed by atoms with van der Waals surface area (Å²) < 4.78 is 1.46. The molecule has 0 atom stereocenters. The summed E-state index contributed by atoms with van der Waals surface area (Å²) in [5, 5.41) is 7.03. The summed E-state index contributed by atoms with van der Waals surface area (Å²) >= 11 is 0. The Morgan fingerprint density at radius 1 is 1.40 bits per heavy atom. The van der Waals surface area contributed by atoms with Gasteiger partial charge >= 0.3 is 0 Å². The quantitative estimate of drug-likeness (QED) is 0.681. The molecular weight excluding hydrogens is 260 g/mol. The lowest BCUT2D eigenvalue weighted by atomic mass is 10.0. The van der Waals surface area contributed by atoms with Gasteiger partial charge in [-0.3, -0.25) is 4.79 Å². The van der Waals surface area contributed by atoms with Gasteiger partial charge in [-0.15, -0.1) is 0 Å². The maximum atomic E-state index is 11.0. The van der Waals surface area contributed by atoms with Crippen molar-refractivity contribution in [2.24, 2.45) is 5.73 Å². The van der Waals surface area contributed by atoms with Gasteiger partial charge in [-0.25, -0.2) is 4.68 Å². The molecule has 0 bridgehead atoms. The summed E-state index contributed by atoms with van der Waals surface area (Å²) in [5.41, 5.74) is 10.3. The van der Waals surface area contributed by atoms with Crippen molar-refractivity contribution in [1.82, 2.24) is 24.7 Å². The number of nitrogens with zero attached hydrogens (tertiary/aromatic N) is 5. The number of rotatable bonds is 5. The third-order valence-corrected chi connectivity index (χ3v) is 2.42. The predicted molar refractivity (Wildman–Crippen MR) is 72.9 cm³/mol. The van der Waals surface area contributed by atoms with E-state index in [-0.39, 0.29) is 18.3 Å². The van der Waals surface area contributed by atoms with E-state index < -0.39 is 11.4 Å². The molecule has 0 aliphatic carbocycles. The third kappa shape index (κ3) is 3.40. The van der Waals surface area contributed by atoms with Crippen molar-refractivity contribution >= 4 is 17.8 Å². The Kier molecular flexibility index (Phi) is 3.51. The van der Waals surface area contributed by atoms with E-state index in [2.05, 4.69) is 25.4 Å². The van der Waals surface area contributed by atoms with E-state index in [1.54, 1.807) is 18.5 Å². The Labute approximate surface area is 115 Å². The summed E-state index contributed by atoms with van der Waals surface area (Å²) in [4.78, 5) is 23.2. The van der Waals surface area contributed by atoms with E-state index in [4.69, 9.17) is 11.5 Å². The number of nitrogen functional groups attached to an aromatic ring is 1. The number of aromatic nitrogens is 5. The van der Waals surface area contributed by atoms with Crippen LogP contribution in [-0.4, -0.2) is 36.2 Å². The molecule has 1 amide bonds. The summed E-state index contributed by atoms with van der Waals surface area (Å²) in [6.45, 7) is 3.62. The smallest absolute Gasteiger partial charge is 0.257 e. The zero-order valence-electron chi connectivity index (χ0n) is 11.2. The van der Waals surface area contributed by atoms with E-state index in [1.807, 2.05) is 13.8 Å². The lowest BCUT2D eigenvalue weighted by molar-refractivity contribution is -0.118. The van der Waals surface area contributed by atoms with Gasteiger partial charge in [-0.2, -0.15) is 20.1 Å². The minimum Gasteiger partial charge on any atom is -0.370 e. The number of nitrogens with one attached hydrogen (secondary N) is 1. The highest BCUT2D eigenvalue weighted by atomic mass is 16.1. The SMILES string of the molecule is CC(C)(CC(N)=O)Nc1nc(N)nc(-n2cccn2)n1. The third-order valence-electron chi connectivity index (χ3n) is 2.42. The van der Waals surface area contributed by atoms with Gasteiger partial charge in [-0.1, -0.05) is 0 Å². The van der Waals surface area contributed by atoms with Gasteiger partial charge in [0.05, 0.1) is 0 Å². The van der Waals surface area contributed by atoms with Crippen molar-refractivity contribution in [3.63, 3.8) is 0 Å². The molecule has 106 valence electrons. The van der Waals surface area contributed by atoms with Crippen LogP contribution in [0.1, 0.15) is 20.3 Å². The van der Waals surface area contributed by atoms with Crippen molar-refractivity contribution < 1.29 is 4.79 Å². The molecule has 2 rings (SSSR count). The highest BCUT2D eigenvalue weighted by molar-refractivity contribution is 5.75. The van der Waals surface area contributed by atoms with Crippen LogP contribution in [0.3, 0.4) is 0 Å². The zero-order valence-corrected chi connectivity index (χ0v) is 11.2. The average Bonchev–Trinajstić information content (AvgIpc) is 2.78. The molecule has 0 saturated carbocycles. The molecule has 20 heavy (non-hydrogen) atoms. The van der Waals surface area contributed by atoms with E-state index in [0.29, 0.717) is 5.95 Å². The van der Waals surface area contributed by atoms with Crippen LogP contribution in [-0.2, 0) is 4.79 Å². The van der Waals surface area contributed by atoms with Crippen LogP contribution < -0.4 is 16.8 Å². The molecule has 0 aromatic carbocycles. The summed E-state index contributed by atoms with van der Waals surface area (Å²) in [6.07, 6.45) is 3.42. The maximum Gasteiger partial charge on any atom is 0.257 e. The second-order valence-corrected chi connectivity index (χ2v) is 4.92. The second-order valence-electron chi connectivity index (χ2n) is 4.92. The Balaban J connectivity index is 2.27. The van der Waals surface area contributed by atoms with Gasteiger partial charge in [0, 0.05) is 24.4 Å². The van der Waals surface area contributed by atoms with E-state index >= 15 is 0 Å². The monoisotopic (exact) mass is 276 g/mol. The number of amides is 1. The average molecular weight is 276 g/mol. The molecule has 0 radical (unpaired) electrons. The molecule has 5 N–H and O–H groups in total. The fraction of sp³-hybridized carbons (Fsp3) is 0.364. The van der Waals surface area contributed by atoms with E-state index in [0.717, 1.165) is 0 Å². The molecule has 0 saturated heterocycles.